The maximum Gasteiger partial charge on any atom is 0.282 e. The Morgan fingerprint density at radius 1 is 1.21 bits per heavy atom. The monoisotopic (exact) mass is 220 g/mol. The fourth-order valence-corrected chi connectivity index (χ4v) is 3.22. The van der Waals surface area contributed by atoms with Crippen LogP contribution in [0.15, 0.2) is 0 Å². The highest BCUT2D eigenvalue weighted by Gasteiger charge is 2.34. The summed E-state index contributed by atoms with van der Waals surface area (Å²) in [5, 5.41) is 0. The second-order valence-electron chi connectivity index (χ2n) is 3.26. The first-order chi connectivity index (χ1) is 6.62. The van der Waals surface area contributed by atoms with Gasteiger partial charge in [0.25, 0.3) is 10.2 Å². The first kappa shape index (κ1) is 11.6. The third-order valence-electron chi connectivity index (χ3n) is 2.22. The lowest BCUT2D eigenvalue weighted by molar-refractivity contribution is -0.107. The number of aldehydes is 1. The van der Waals surface area contributed by atoms with Gasteiger partial charge >= 0.3 is 0 Å². The maximum absolute atomic E-state index is 11.7. The summed E-state index contributed by atoms with van der Waals surface area (Å²) in [5.74, 6) is 0. The van der Waals surface area contributed by atoms with Gasteiger partial charge in [-0.15, -0.1) is 0 Å². The van der Waals surface area contributed by atoms with E-state index in [1.54, 1.807) is 0 Å². The van der Waals surface area contributed by atoms with Crippen molar-refractivity contribution in [2.45, 2.75) is 19.8 Å². The SMILES string of the molecule is CCCN1CCN(CCC=O)S1(=O)=O. The Labute approximate surface area is 84.9 Å². The molecule has 1 aliphatic heterocycles. The van der Waals surface area contributed by atoms with Crippen molar-refractivity contribution in [3.63, 3.8) is 0 Å². The normalized spacial score (nSPS) is 22.6. The van der Waals surface area contributed by atoms with Crippen LogP contribution in [-0.2, 0) is 15.0 Å². The number of nitrogens with zero attached hydrogens (tertiary/aromatic N) is 2. The molecular weight excluding hydrogens is 204 g/mol. The van der Waals surface area contributed by atoms with Gasteiger partial charge in [-0.2, -0.15) is 17.0 Å². The average Bonchev–Trinajstić information content (AvgIpc) is 2.41. The molecule has 1 rings (SSSR count). The van der Waals surface area contributed by atoms with Crippen LogP contribution in [0.25, 0.3) is 0 Å². The molecule has 1 aliphatic rings. The average molecular weight is 220 g/mol. The van der Waals surface area contributed by atoms with Crippen molar-refractivity contribution in [3.8, 4) is 0 Å². The summed E-state index contributed by atoms with van der Waals surface area (Å²) in [6.07, 6.45) is 1.85. The molecule has 0 aromatic carbocycles. The molecule has 6 heteroatoms. The summed E-state index contributed by atoms with van der Waals surface area (Å²) >= 11 is 0. The lowest BCUT2D eigenvalue weighted by Gasteiger charge is -2.16. The van der Waals surface area contributed by atoms with Crippen molar-refractivity contribution in [2.75, 3.05) is 26.2 Å². The zero-order valence-electron chi connectivity index (χ0n) is 8.35. The quantitative estimate of drug-likeness (QED) is 0.605. The van der Waals surface area contributed by atoms with Gasteiger partial charge in [0.15, 0.2) is 0 Å². The summed E-state index contributed by atoms with van der Waals surface area (Å²) in [6, 6.07) is 0. The van der Waals surface area contributed by atoms with E-state index in [0.29, 0.717) is 26.2 Å². The second kappa shape index (κ2) is 4.86. The molecule has 0 aromatic heterocycles. The van der Waals surface area contributed by atoms with Crippen LogP contribution >= 0.6 is 0 Å². The topological polar surface area (TPSA) is 57.7 Å². The van der Waals surface area contributed by atoms with E-state index in [0.717, 1.165) is 12.7 Å². The van der Waals surface area contributed by atoms with E-state index >= 15 is 0 Å². The van der Waals surface area contributed by atoms with Crippen molar-refractivity contribution < 1.29 is 13.2 Å². The van der Waals surface area contributed by atoms with Gasteiger partial charge in [0.2, 0.25) is 0 Å². The van der Waals surface area contributed by atoms with Crippen LogP contribution in [0.5, 0.6) is 0 Å². The first-order valence-corrected chi connectivity index (χ1v) is 6.21. The van der Waals surface area contributed by atoms with E-state index in [-0.39, 0.29) is 6.42 Å². The molecule has 0 amide bonds. The van der Waals surface area contributed by atoms with E-state index < -0.39 is 10.2 Å². The van der Waals surface area contributed by atoms with Crippen LogP contribution in [-0.4, -0.2) is 49.5 Å². The molecule has 0 aliphatic carbocycles. The standard InChI is InChI=1S/C8H16N2O3S/c1-2-4-9-6-7-10(5-3-8-11)14(9,12)13/h8H,2-7H2,1H3. The Balaban J connectivity index is 2.61. The lowest BCUT2D eigenvalue weighted by atomic mass is 10.4. The molecule has 1 saturated heterocycles. The Morgan fingerprint density at radius 3 is 2.29 bits per heavy atom. The number of hydrogen-bond acceptors (Lipinski definition) is 3. The van der Waals surface area contributed by atoms with Gasteiger partial charge in [0.05, 0.1) is 0 Å². The minimum atomic E-state index is -3.25. The molecule has 14 heavy (non-hydrogen) atoms. The fourth-order valence-electron chi connectivity index (χ4n) is 1.52. The first-order valence-electron chi connectivity index (χ1n) is 4.81. The molecule has 0 unspecified atom stereocenters. The van der Waals surface area contributed by atoms with Gasteiger partial charge in [-0.25, -0.2) is 0 Å². The predicted molar refractivity (Wildman–Crippen MR) is 53.0 cm³/mol. The van der Waals surface area contributed by atoms with Crippen molar-refractivity contribution >= 4 is 16.5 Å². The Hall–Kier alpha value is -0.460. The molecule has 1 heterocycles. The third-order valence-corrected chi connectivity index (χ3v) is 4.26. The Bertz CT molecular complexity index is 289. The number of rotatable bonds is 5. The molecule has 5 nitrogen and oxygen atoms in total. The number of carbonyl (C=O) groups is 1. The molecule has 0 radical (unpaired) electrons. The Morgan fingerprint density at radius 2 is 1.79 bits per heavy atom. The van der Waals surface area contributed by atoms with Gasteiger partial charge in [-0.1, -0.05) is 6.92 Å². The minimum absolute atomic E-state index is 0.277. The molecule has 0 N–H and O–H groups in total. The second-order valence-corrected chi connectivity index (χ2v) is 5.19. The largest absolute Gasteiger partial charge is 0.303 e. The summed E-state index contributed by atoms with van der Waals surface area (Å²) in [7, 11) is -3.25. The van der Waals surface area contributed by atoms with Gasteiger partial charge in [-0.3, -0.25) is 0 Å². The van der Waals surface area contributed by atoms with Crippen LogP contribution in [0.3, 0.4) is 0 Å². The van der Waals surface area contributed by atoms with Crippen LogP contribution in [0.1, 0.15) is 19.8 Å². The van der Waals surface area contributed by atoms with Crippen LogP contribution in [0.4, 0.5) is 0 Å². The zero-order valence-corrected chi connectivity index (χ0v) is 9.16. The fraction of sp³-hybridized carbons (Fsp3) is 0.875. The van der Waals surface area contributed by atoms with Crippen molar-refractivity contribution in [2.24, 2.45) is 0 Å². The highest BCUT2D eigenvalue weighted by atomic mass is 32.2. The van der Waals surface area contributed by atoms with Crippen LogP contribution < -0.4 is 0 Å². The summed E-state index contributed by atoms with van der Waals surface area (Å²) < 4.78 is 26.3. The number of carbonyl (C=O) groups excluding carboxylic acids is 1. The summed E-state index contributed by atoms with van der Waals surface area (Å²) in [5.41, 5.74) is 0. The molecule has 0 spiro atoms. The van der Waals surface area contributed by atoms with Gasteiger partial charge < -0.3 is 4.79 Å². The van der Waals surface area contributed by atoms with Crippen LogP contribution in [0, 0.1) is 0 Å². The van der Waals surface area contributed by atoms with E-state index in [9.17, 15) is 13.2 Å². The summed E-state index contributed by atoms with van der Waals surface area (Å²) in [6.45, 7) is 3.89. The van der Waals surface area contributed by atoms with E-state index in [1.165, 1.54) is 8.61 Å². The highest BCUT2D eigenvalue weighted by molar-refractivity contribution is 7.87. The van der Waals surface area contributed by atoms with E-state index in [2.05, 4.69) is 0 Å². The van der Waals surface area contributed by atoms with Crippen LogP contribution in [0.2, 0.25) is 0 Å². The minimum Gasteiger partial charge on any atom is -0.303 e. The maximum atomic E-state index is 11.7. The lowest BCUT2D eigenvalue weighted by Crippen LogP contribution is -2.34. The van der Waals surface area contributed by atoms with Crippen molar-refractivity contribution in [1.29, 1.82) is 0 Å². The predicted octanol–water partition coefficient (Wildman–Crippen LogP) is -0.152. The molecule has 0 bridgehead atoms. The number of hydrogen-bond donors (Lipinski definition) is 0. The van der Waals surface area contributed by atoms with Gasteiger partial charge in [-0.05, 0) is 6.42 Å². The zero-order chi connectivity index (χ0) is 10.6. The van der Waals surface area contributed by atoms with Crippen molar-refractivity contribution in [1.82, 2.24) is 8.61 Å². The van der Waals surface area contributed by atoms with Gasteiger partial charge in [0.1, 0.15) is 6.29 Å². The Kier molecular flexibility index (Phi) is 4.03. The molecule has 0 saturated carbocycles. The third kappa shape index (κ3) is 2.31. The summed E-state index contributed by atoms with van der Waals surface area (Å²) in [4.78, 5) is 10.1. The van der Waals surface area contributed by atoms with Gasteiger partial charge in [0, 0.05) is 32.6 Å². The smallest absolute Gasteiger partial charge is 0.282 e. The van der Waals surface area contributed by atoms with E-state index in [1.807, 2.05) is 6.92 Å². The molecule has 82 valence electrons. The molecule has 0 aromatic rings. The highest BCUT2D eigenvalue weighted by Crippen LogP contribution is 2.16. The van der Waals surface area contributed by atoms with Crippen molar-refractivity contribution in [3.05, 3.63) is 0 Å². The van der Waals surface area contributed by atoms with E-state index in [4.69, 9.17) is 0 Å². The molecular formula is C8H16N2O3S. The molecule has 0 atom stereocenters. The molecule has 1 fully saturated rings.